The van der Waals surface area contributed by atoms with Crippen LogP contribution in [0.5, 0.6) is 0 Å². The van der Waals surface area contributed by atoms with Gasteiger partial charge in [0.15, 0.2) is 9.84 Å². The first kappa shape index (κ1) is 13.4. The van der Waals surface area contributed by atoms with E-state index in [1.165, 1.54) is 12.1 Å². The number of rotatable bonds is 2. The molecule has 1 aliphatic rings. The molecule has 0 radical (unpaired) electrons. The summed E-state index contributed by atoms with van der Waals surface area (Å²) in [6.07, 6.45) is -5.47. The Morgan fingerprint density at radius 3 is 2.22 bits per heavy atom. The van der Waals surface area contributed by atoms with Crippen LogP contribution in [0.25, 0.3) is 0 Å². The summed E-state index contributed by atoms with van der Waals surface area (Å²) in [6, 6.07) is 7.73. The zero-order valence-electron chi connectivity index (χ0n) is 9.57. The monoisotopic (exact) mass is 278 g/mol. The third-order valence-electron chi connectivity index (χ3n) is 3.37. The summed E-state index contributed by atoms with van der Waals surface area (Å²) in [7, 11) is -3.75. The Morgan fingerprint density at radius 1 is 1.17 bits per heavy atom. The van der Waals surface area contributed by atoms with Crippen LogP contribution in [0, 0.1) is 0 Å². The van der Waals surface area contributed by atoms with E-state index in [2.05, 4.69) is 0 Å². The molecule has 100 valence electrons. The standard InChI is InChI=1S/C12H13F3O2S/c13-12(14,15)9-11(7-4-8-18(11,16)17)10-5-2-1-3-6-10/h1-3,5-6H,4,7-9H2. The molecular formula is C12H13F3O2S. The van der Waals surface area contributed by atoms with Gasteiger partial charge in [-0.2, -0.15) is 13.2 Å². The maximum absolute atomic E-state index is 12.7. The molecule has 0 amide bonds. The van der Waals surface area contributed by atoms with E-state index in [-0.39, 0.29) is 24.2 Å². The van der Waals surface area contributed by atoms with E-state index < -0.39 is 27.2 Å². The third-order valence-corrected chi connectivity index (χ3v) is 5.98. The molecule has 0 bridgehead atoms. The first-order chi connectivity index (χ1) is 8.27. The number of halogens is 3. The SMILES string of the molecule is O=S1(=O)CCCC1(CC(F)(F)F)c1ccccc1. The molecule has 1 saturated heterocycles. The molecule has 6 heteroatoms. The minimum absolute atomic E-state index is 0.0405. The third kappa shape index (κ3) is 2.25. The molecule has 0 aliphatic carbocycles. The lowest BCUT2D eigenvalue weighted by atomic mass is 9.90. The van der Waals surface area contributed by atoms with Crippen molar-refractivity contribution < 1.29 is 21.6 Å². The van der Waals surface area contributed by atoms with Gasteiger partial charge in [0, 0.05) is 0 Å². The average Bonchev–Trinajstić information content (AvgIpc) is 2.54. The van der Waals surface area contributed by atoms with Crippen molar-refractivity contribution in [3.63, 3.8) is 0 Å². The van der Waals surface area contributed by atoms with Gasteiger partial charge in [0.05, 0.1) is 12.2 Å². The van der Waals surface area contributed by atoms with E-state index in [1.807, 2.05) is 0 Å². The van der Waals surface area contributed by atoms with Crippen LogP contribution in [-0.2, 0) is 14.6 Å². The topological polar surface area (TPSA) is 34.1 Å². The van der Waals surface area contributed by atoms with Gasteiger partial charge in [-0.15, -0.1) is 0 Å². The van der Waals surface area contributed by atoms with Gasteiger partial charge in [0.2, 0.25) is 0 Å². The van der Waals surface area contributed by atoms with Crippen molar-refractivity contribution in [2.45, 2.75) is 30.2 Å². The molecule has 0 N–H and O–H groups in total. The zero-order chi connectivity index (χ0) is 13.4. The highest BCUT2D eigenvalue weighted by atomic mass is 32.2. The normalized spacial score (nSPS) is 27.3. The summed E-state index contributed by atoms with van der Waals surface area (Å²) in [4.78, 5) is 0. The Morgan fingerprint density at radius 2 is 1.78 bits per heavy atom. The van der Waals surface area contributed by atoms with Crippen molar-refractivity contribution in [2.24, 2.45) is 0 Å². The van der Waals surface area contributed by atoms with Crippen molar-refractivity contribution in [3.8, 4) is 0 Å². The first-order valence-corrected chi connectivity index (χ1v) is 7.27. The highest BCUT2D eigenvalue weighted by Gasteiger charge is 2.54. The molecule has 1 atom stereocenters. The van der Waals surface area contributed by atoms with Crippen LogP contribution in [-0.4, -0.2) is 20.3 Å². The summed E-state index contributed by atoms with van der Waals surface area (Å²) in [5, 5.41) is 0. The summed E-state index contributed by atoms with van der Waals surface area (Å²) < 4.78 is 60.5. The highest BCUT2D eigenvalue weighted by Crippen LogP contribution is 2.48. The van der Waals surface area contributed by atoms with Gasteiger partial charge in [-0.25, -0.2) is 8.42 Å². The molecule has 1 aliphatic heterocycles. The molecule has 1 fully saturated rings. The van der Waals surface area contributed by atoms with Crippen LogP contribution in [0.4, 0.5) is 13.2 Å². The molecule has 2 nitrogen and oxygen atoms in total. The molecular weight excluding hydrogens is 265 g/mol. The van der Waals surface area contributed by atoms with E-state index in [0.717, 1.165) is 0 Å². The quantitative estimate of drug-likeness (QED) is 0.833. The number of sulfone groups is 1. The number of hydrogen-bond acceptors (Lipinski definition) is 2. The van der Waals surface area contributed by atoms with Crippen LogP contribution in [0.3, 0.4) is 0 Å². The average molecular weight is 278 g/mol. The summed E-state index contributed by atoms with van der Waals surface area (Å²) in [5.41, 5.74) is 0.250. The van der Waals surface area contributed by atoms with Gasteiger partial charge >= 0.3 is 6.18 Å². The molecule has 2 rings (SSSR count). The van der Waals surface area contributed by atoms with Gasteiger partial charge in [-0.1, -0.05) is 30.3 Å². The van der Waals surface area contributed by atoms with Gasteiger partial charge < -0.3 is 0 Å². The zero-order valence-corrected chi connectivity index (χ0v) is 10.4. The van der Waals surface area contributed by atoms with Gasteiger partial charge in [-0.05, 0) is 18.4 Å². The second-order valence-electron chi connectivity index (χ2n) is 4.57. The van der Waals surface area contributed by atoms with Crippen molar-refractivity contribution in [2.75, 3.05) is 5.75 Å². The van der Waals surface area contributed by atoms with E-state index in [1.54, 1.807) is 18.2 Å². The fourth-order valence-electron chi connectivity index (χ4n) is 2.59. The minimum Gasteiger partial charge on any atom is -0.228 e. The predicted molar refractivity (Wildman–Crippen MR) is 61.8 cm³/mol. The van der Waals surface area contributed by atoms with E-state index in [4.69, 9.17) is 0 Å². The van der Waals surface area contributed by atoms with Gasteiger partial charge in [-0.3, -0.25) is 0 Å². The smallest absolute Gasteiger partial charge is 0.228 e. The molecule has 0 spiro atoms. The fourth-order valence-corrected chi connectivity index (χ4v) is 4.84. The van der Waals surface area contributed by atoms with E-state index in [9.17, 15) is 21.6 Å². The van der Waals surface area contributed by atoms with Gasteiger partial charge in [0.1, 0.15) is 4.75 Å². The summed E-state index contributed by atoms with van der Waals surface area (Å²) in [6.45, 7) is 0. The number of alkyl halides is 3. The molecule has 1 heterocycles. The lowest BCUT2D eigenvalue weighted by molar-refractivity contribution is -0.142. The molecule has 1 unspecified atom stereocenters. The first-order valence-electron chi connectivity index (χ1n) is 5.61. The van der Waals surface area contributed by atoms with Crippen molar-refractivity contribution in [1.29, 1.82) is 0 Å². The Hall–Kier alpha value is -1.04. The van der Waals surface area contributed by atoms with Crippen LogP contribution < -0.4 is 0 Å². The second kappa shape index (κ2) is 4.26. The summed E-state index contributed by atoms with van der Waals surface area (Å²) in [5.74, 6) is -0.169. The lowest BCUT2D eigenvalue weighted by Crippen LogP contribution is -2.36. The van der Waals surface area contributed by atoms with Crippen LogP contribution in [0.15, 0.2) is 30.3 Å². The van der Waals surface area contributed by atoms with Crippen molar-refractivity contribution in [1.82, 2.24) is 0 Å². The van der Waals surface area contributed by atoms with Crippen molar-refractivity contribution in [3.05, 3.63) is 35.9 Å². The molecule has 1 aromatic rings. The Balaban J connectivity index is 2.55. The molecule has 1 aromatic carbocycles. The highest BCUT2D eigenvalue weighted by molar-refractivity contribution is 7.92. The summed E-state index contributed by atoms with van der Waals surface area (Å²) >= 11 is 0. The van der Waals surface area contributed by atoms with Crippen molar-refractivity contribution >= 4 is 9.84 Å². The molecule has 0 saturated carbocycles. The predicted octanol–water partition coefficient (Wildman–Crippen LogP) is 3.04. The molecule has 0 aromatic heterocycles. The largest absolute Gasteiger partial charge is 0.390 e. The van der Waals surface area contributed by atoms with Crippen LogP contribution in [0.2, 0.25) is 0 Å². The Kier molecular flexibility index (Phi) is 3.17. The van der Waals surface area contributed by atoms with Gasteiger partial charge in [0.25, 0.3) is 0 Å². The number of hydrogen-bond donors (Lipinski definition) is 0. The maximum atomic E-state index is 12.7. The van der Waals surface area contributed by atoms with E-state index >= 15 is 0 Å². The Labute approximate surface area is 104 Å². The second-order valence-corrected chi connectivity index (χ2v) is 6.99. The maximum Gasteiger partial charge on any atom is 0.390 e. The lowest BCUT2D eigenvalue weighted by Gasteiger charge is -2.29. The van der Waals surface area contributed by atoms with E-state index in [0.29, 0.717) is 0 Å². The fraction of sp³-hybridized carbons (Fsp3) is 0.500. The minimum atomic E-state index is -4.49. The molecule has 18 heavy (non-hydrogen) atoms. The Bertz CT molecular complexity index is 522. The van der Waals surface area contributed by atoms with Crippen LogP contribution >= 0.6 is 0 Å². The number of benzene rings is 1. The van der Waals surface area contributed by atoms with Crippen LogP contribution in [0.1, 0.15) is 24.8 Å².